The molecule has 0 saturated carbocycles. The third-order valence-electron chi connectivity index (χ3n) is 2.34. The standard InChI is InChI=1S/C12H16Cl2FN/c1-7(2)6-16-8(3)9-4-12(15)11(14)5-10(9)13/h4-5,7-8,16H,6H2,1-3H3. The maximum atomic E-state index is 13.3. The largest absolute Gasteiger partial charge is 0.310 e. The predicted octanol–water partition coefficient (Wildman–Crippen LogP) is 4.44. The summed E-state index contributed by atoms with van der Waals surface area (Å²) in [5, 5.41) is 3.85. The van der Waals surface area contributed by atoms with E-state index in [-0.39, 0.29) is 11.1 Å². The highest BCUT2D eigenvalue weighted by molar-refractivity contribution is 6.35. The van der Waals surface area contributed by atoms with Crippen LogP contribution in [0.2, 0.25) is 10.0 Å². The van der Waals surface area contributed by atoms with Crippen molar-refractivity contribution in [2.75, 3.05) is 6.54 Å². The van der Waals surface area contributed by atoms with Crippen molar-refractivity contribution in [3.05, 3.63) is 33.6 Å². The van der Waals surface area contributed by atoms with Crippen LogP contribution < -0.4 is 5.32 Å². The number of halogens is 3. The summed E-state index contributed by atoms with van der Waals surface area (Å²) in [6, 6.07) is 2.85. The zero-order valence-corrected chi connectivity index (χ0v) is 11.2. The van der Waals surface area contributed by atoms with Crippen LogP contribution in [0, 0.1) is 11.7 Å². The molecule has 0 aliphatic heterocycles. The molecule has 0 aromatic heterocycles. The molecule has 0 saturated heterocycles. The van der Waals surface area contributed by atoms with Gasteiger partial charge in [0.15, 0.2) is 0 Å². The third-order valence-corrected chi connectivity index (χ3v) is 2.96. The van der Waals surface area contributed by atoms with Crippen LogP contribution in [-0.4, -0.2) is 6.54 Å². The SMILES string of the molecule is CC(C)CNC(C)c1cc(F)c(Cl)cc1Cl. The Labute approximate surface area is 106 Å². The first-order valence-corrected chi connectivity index (χ1v) is 6.05. The Balaban J connectivity index is 2.82. The molecule has 16 heavy (non-hydrogen) atoms. The fourth-order valence-corrected chi connectivity index (χ4v) is 1.94. The van der Waals surface area contributed by atoms with Gasteiger partial charge in [-0.15, -0.1) is 0 Å². The molecule has 1 rings (SSSR count). The summed E-state index contributed by atoms with van der Waals surface area (Å²) in [6.07, 6.45) is 0. The number of benzene rings is 1. The molecule has 1 unspecified atom stereocenters. The van der Waals surface area contributed by atoms with Crippen LogP contribution >= 0.6 is 23.2 Å². The van der Waals surface area contributed by atoms with E-state index in [9.17, 15) is 4.39 Å². The van der Waals surface area contributed by atoms with E-state index in [0.717, 1.165) is 12.1 Å². The Kier molecular flexibility index (Phi) is 5.03. The second-order valence-corrected chi connectivity index (χ2v) is 5.13. The zero-order chi connectivity index (χ0) is 12.3. The Morgan fingerprint density at radius 3 is 2.38 bits per heavy atom. The normalized spacial score (nSPS) is 13.2. The highest BCUT2D eigenvalue weighted by atomic mass is 35.5. The van der Waals surface area contributed by atoms with E-state index < -0.39 is 5.82 Å². The summed E-state index contributed by atoms with van der Waals surface area (Å²) in [7, 11) is 0. The molecule has 0 heterocycles. The first-order chi connectivity index (χ1) is 7.41. The van der Waals surface area contributed by atoms with E-state index in [2.05, 4.69) is 19.2 Å². The lowest BCUT2D eigenvalue weighted by atomic mass is 10.1. The molecular formula is C12H16Cl2FN. The second-order valence-electron chi connectivity index (χ2n) is 4.31. The molecule has 1 N–H and O–H groups in total. The number of hydrogen-bond acceptors (Lipinski definition) is 1. The van der Waals surface area contributed by atoms with Gasteiger partial charge < -0.3 is 5.32 Å². The zero-order valence-electron chi connectivity index (χ0n) is 9.65. The molecule has 0 aliphatic rings. The third kappa shape index (κ3) is 3.62. The minimum Gasteiger partial charge on any atom is -0.310 e. The highest BCUT2D eigenvalue weighted by Crippen LogP contribution is 2.28. The van der Waals surface area contributed by atoms with E-state index in [4.69, 9.17) is 23.2 Å². The van der Waals surface area contributed by atoms with Gasteiger partial charge in [0.05, 0.1) is 5.02 Å². The molecule has 1 nitrogen and oxygen atoms in total. The maximum Gasteiger partial charge on any atom is 0.142 e. The summed E-state index contributed by atoms with van der Waals surface area (Å²) in [4.78, 5) is 0. The molecule has 1 aromatic rings. The van der Waals surface area contributed by atoms with Gasteiger partial charge in [-0.1, -0.05) is 37.0 Å². The topological polar surface area (TPSA) is 12.0 Å². The Hall–Kier alpha value is -0.310. The first-order valence-electron chi connectivity index (χ1n) is 5.29. The van der Waals surface area contributed by atoms with Crippen molar-refractivity contribution in [1.29, 1.82) is 0 Å². The smallest absolute Gasteiger partial charge is 0.142 e. The van der Waals surface area contributed by atoms with Crippen molar-refractivity contribution < 1.29 is 4.39 Å². The molecule has 1 aromatic carbocycles. The minimum absolute atomic E-state index is 0.0154. The van der Waals surface area contributed by atoms with Gasteiger partial charge in [-0.05, 0) is 37.1 Å². The van der Waals surface area contributed by atoms with Crippen LogP contribution in [0.1, 0.15) is 32.4 Å². The van der Waals surface area contributed by atoms with Gasteiger partial charge in [0.2, 0.25) is 0 Å². The molecule has 90 valence electrons. The van der Waals surface area contributed by atoms with Crippen LogP contribution in [0.5, 0.6) is 0 Å². The number of rotatable bonds is 4. The van der Waals surface area contributed by atoms with Gasteiger partial charge in [0, 0.05) is 11.1 Å². The van der Waals surface area contributed by atoms with Crippen molar-refractivity contribution in [3.63, 3.8) is 0 Å². The van der Waals surface area contributed by atoms with Crippen LogP contribution in [0.3, 0.4) is 0 Å². The summed E-state index contributed by atoms with van der Waals surface area (Å²) in [6.45, 7) is 7.05. The summed E-state index contributed by atoms with van der Waals surface area (Å²) < 4.78 is 13.3. The van der Waals surface area contributed by atoms with Crippen LogP contribution in [-0.2, 0) is 0 Å². The van der Waals surface area contributed by atoms with Gasteiger partial charge in [-0.3, -0.25) is 0 Å². The van der Waals surface area contributed by atoms with E-state index in [1.807, 2.05) is 6.92 Å². The molecule has 0 amide bonds. The van der Waals surface area contributed by atoms with Crippen molar-refractivity contribution in [2.24, 2.45) is 5.92 Å². The van der Waals surface area contributed by atoms with Gasteiger partial charge >= 0.3 is 0 Å². The van der Waals surface area contributed by atoms with Crippen molar-refractivity contribution in [3.8, 4) is 0 Å². The number of hydrogen-bond donors (Lipinski definition) is 1. The minimum atomic E-state index is -0.431. The molecule has 0 radical (unpaired) electrons. The Morgan fingerprint density at radius 2 is 1.81 bits per heavy atom. The quantitative estimate of drug-likeness (QED) is 0.793. The highest BCUT2D eigenvalue weighted by Gasteiger charge is 2.13. The van der Waals surface area contributed by atoms with E-state index in [1.54, 1.807) is 0 Å². The van der Waals surface area contributed by atoms with Crippen LogP contribution in [0.4, 0.5) is 4.39 Å². The predicted molar refractivity (Wildman–Crippen MR) is 67.7 cm³/mol. The molecule has 0 aliphatic carbocycles. The molecule has 0 fully saturated rings. The Morgan fingerprint density at radius 1 is 1.19 bits per heavy atom. The van der Waals surface area contributed by atoms with Crippen LogP contribution in [0.25, 0.3) is 0 Å². The first kappa shape index (κ1) is 13.8. The molecule has 4 heteroatoms. The Bertz CT molecular complexity index is 366. The second kappa shape index (κ2) is 5.85. The van der Waals surface area contributed by atoms with Gasteiger partial charge in [-0.25, -0.2) is 4.39 Å². The fourth-order valence-electron chi connectivity index (χ4n) is 1.39. The summed E-state index contributed by atoms with van der Waals surface area (Å²) >= 11 is 11.7. The maximum absolute atomic E-state index is 13.3. The van der Waals surface area contributed by atoms with Gasteiger partial charge in [0.25, 0.3) is 0 Å². The molecule has 1 atom stereocenters. The lowest BCUT2D eigenvalue weighted by Gasteiger charge is -2.17. The van der Waals surface area contributed by atoms with E-state index in [1.165, 1.54) is 12.1 Å². The lowest BCUT2D eigenvalue weighted by Crippen LogP contribution is -2.23. The fraction of sp³-hybridized carbons (Fsp3) is 0.500. The summed E-state index contributed by atoms with van der Waals surface area (Å²) in [5.74, 6) is 0.109. The lowest BCUT2D eigenvalue weighted by molar-refractivity contribution is 0.494. The number of nitrogens with one attached hydrogen (secondary N) is 1. The van der Waals surface area contributed by atoms with Crippen molar-refractivity contribution in [2.45, 2.75) is 26.8 Å². The average molecular weight is 264 g/mol. The van der Waals surface area contributed by atoms with E-state index >= 15 is 0 Å². The van der Waals surface area contributed by atoms with E-state index in [0.29, 0.717) is 10.9 Å². The van der Waals surface area contributed by atoms with Crippen molar-refractivity contribution in [1.82, 2.24) is 5.32 Å². The van der Waals surface area contributed by atoms with Gasteiger partial charge in [-0.2, -0.15) is 0 Å². The summed E-state index contributed by atoms with van der Waals surface area (Å²) in [5.41, 5.74) is 0.740. The average Bonchev–Trinajstić information content (AvgIpc) is 2.20. The molecule has 0 bridgehead atoms. The van der Waals surface area contributed by atoms with Crippen molar-refractivity contribution >= 4 is 23.2 Å². The monoisotopic (exact) mass is 263 g/mol. The van der Waals surface area contributed by atoms with Crippen LogP contribution in [0.15, 0.2) is 12.1 Å². The molecular weight excluding hydrogens is 248 g/mol. The molecule has 0 spiro atoms. The van der Waals surface area contributed by atoms with Gasteiger partial charge in [0.1, 0.15) is 5.82 Å².